The normalized spacial score (nSPS) is 13.6. The van der Waals surface area contributed by atoms with Crippen molar-refractivity contribution in [2.75, 3.05) is 7.11 Å². The predicted octanol–water partition coefficient (Wildman–Crippen LogP) is -0.517. The first kappa shape index (κ1) is 14.9. The number of ether oxygens (including phenoxy) is 1. The van der Waals surface area contributed by atoms with Gasteiger partial charge in [0, 0.05) is 0 Å². The highest BCUT2D eigenvalue weighted by Crippen LogP contribution is 2.34. The lowest BCUT2D eigenvalue weighted by Crippen LogP contribution is -2.26. The molecule has 0 spiro atoms. The molecule has 1 aromatic rings. The minimum atomic E-state index is -1.52. The van der Waals surface area contributed by atoms with Crippen molar-refractivity contribution in [1.29, 1.82) is 0 Å². The lowest BCUT2D eigenvalue weighted by atomic mass is 9.96. The number of aldehydes is 1. The average Bonchev–Trinajstić information content (AvgIpc) is 2.36. The Hall–Kier alpha value is -2.12. The van der Waals surface area contributed by atoms with Gasteiger partial charge in [-0.05, 0) is 11.6 Å². The van der Waals surface area contributed by atoms with Gasteiger partial charge in [0.1, 0.15) is 6.10 Å². The molecule has 0 radical (unpaired) electrons. The first-order chi connectivity index (χ1) is 8.92. The van der Waals surface area contributed by atoms with E-state index in [1.165, 1.54) is 19.2 Å². The highest BCUT2D eigenvalue weighted by Gasteiger charge is 2.25. The number of hydrogen-bond acceptors (Lipinski definition) is 6. The van der Waals surface area contributed by atoms with Crippen LogP contribution in [-0.2, 0) is 4.79 Å². The summed E-state index contributed by atoms with van der Waals surface area (Å²) in [5.74, 6) is -1.18. The van der Waals surface area contributed by atoms with Gasteiger partial charge in [-0.15, -0.1) is 0 Å². The van der Waals surface area contributed by atoms with Crippen molar-refractivity contribution < 1.29 is 29.6 Å². The molecule has 7 heteroatoms. The van der Waals surface area contributed by atoms with Crippen molar-refractivity contribution in [3.8, 4) is 11.5 Å². The number of rotatable bonds is 6. The lowest BCUT2D eigenvalue weighted by molar-refractivity contribution is -0.121. The zero-order valence-electron chi connectivity index (χ0n) is 10.2. The zero-order chi connectivity index (χ0) is 14.6. The SMILES string of the molecule is COc1ccc(C(O)C(O)CC(N)=O)c(C=O)c1O. The van der Waals surface area contributed by atoms with Crippen LogP contribution in [0, 0.1) is 0 Å². The Morgan fingerprint density at radius 3 is 2.58 bits per heavy atom. The first-order valence-corrected chi connectivity index (χ1v) is 5.41. The van der Waals surface area contributed by atoms with Crippen molar-refractivity contribution in [3.05, 3.63) is 23.3 Å². The summed E-state index contributed by atoms with van der Waals surface area (Å²) in [6.07, 6.45) is -3.13. The number of carbonyl (C=O) groups excluding carboxylic acids is 2. The van der Waals surface area contributed by atoms with Crippen LogP contribution in [0.3, 0.4) is 0 Å². The summed E-state index contributed by atoms with van der Waals surface area (Å²) in [6.45, 7) is 0. The van der Waals surface area contributed by atoms with Gasteiger partial charge < -0.3 is 25.8 Å². The topological polar surface area (TPSA) is 130 Å². The molecule has 0 fully saturated rings. The number of aliphatic hydroxyl groups excluding tert-OH is 2. The maximum Gasteiger partial charge on any atom is 0.220 e. The van der Waals surface area contributed by atoms with E-state index in [9.17, 15) is 24.9 Å². The molecule has 0 aliphatic heterocycles. The number of phenolic OH excluding ortho intramolecular Hbond substituents is 1. The molecule has 2 unspecified atom stereocenters. The molecule has 104 valence electrons. The van der Waals surface area contributed by atoms with Crippen LogP contribution in [0.4, 0.5) is 0 Å². The summed E-state index contributed by atoms with van der Waals surface area (Å²) in [7, 11) is 1.31. The van der Waals surface area contributed by atoms with Gasteiger partial charge in [-0.1, -0.05) is 6.07 Å². The van der Waals surface area contributed by atoms with E-state index in [-0.39, 0.29) is 16.9 Å². The van der Waals surface area contributed by atoms with Crippen molar-refractivity contribution in [3.63, 3.8) is 0 Å². The Morgan fingerprint density at radius 1 is 1.47 bits per heavy atom. The van der Waals surface area contributed by atoms with Crippen LogP contribution in [0.25, 0.3) is 0 Å². The van der Waals surface area contributed by atoms with E-state index in [4.69, 9.17) is 10.5 Å². The molecular weight excluding hydrogens is 254 g/mol. The Bertz CT molecular complexity index is 487. The second-order valence-corrected chi connectivity index (χ2v) is 3.92. The Morgan fingerprint density at radius 2 is 2.11 bits per heavy atom. The van der Waals surface area contributed by atoms with Crippen LogP contribution >= 0.6 is 0 Å². The van der Waals surface area contributed by atoms with Gasteiger partial charge in [-0.3, -0.25) is 9.59 Å². The fourth-order valence-electron chi connectivity index (χ4n) is 1.68. The lowest BCUT2D eigenvalue weighted by Gasteiger charge is -2.19. The summed E-state index contributed by atoms with van der Waals surface area (Å²) in [6, 6.07) is 2.65. The number of carbonyl (C=O) groups is 2. The van der Waals surface area contributed by atoms with E-state index in [0.29, 0.717) is 6.29 Å². The standard InChI is InChI=1S/C12H15NO6/c1-19-9-3-2-6(7(5-14)12(9)18)11(17)8(15)4-10(13)16/h2-3,5,8,11,15,17-18H,4H2,1H3,(H2,13,16). The highest BCUT2D eigenvalue weighted by atomic mass is 16.5. The molecule has 7 nitrogen and oxygen atoms in total. The fourth-order valence-corrected chi connectivity index (χ4v) is 1.68. The van der Waals surface area contributed by atoms with E-state index >= 15 is 0 Å². The van der Waals surface area contributed by atoms with Gasteiger partial charge >= 0.3 is 0 Å². The van der Waals surface area contributed by atoms with Crippen LogP contribution in [0.2, 0.25) is 0 Å². The number of benzene rings is 1. The molecule has 0 heterocycles. The maximum atomic E-state index is 11.0. The quantitative estimate of drug-likeness (QED) is 0.514. The number of methoxy groups -OCH3 is 1. The summed E-state index contributed by atoms with van der Waals surface area (Å²) < 4.78 is 4.82. The van der Waals surface area contributed by atoms with Gasteiger partial charge in [-0.25, -0.2) is 0 Å². The molecule has 2 atom stereocenters. The van der Waals surface area contributed by atoms with Gasteiger partial charge in [0.15, 0.2) is 17.8 Å². The van der Waals surface area contributed by atoms with Crippen molar-refractivity contribution in [2.45, 2.75) is 18.6 Å². The molecule has 0 bridgehead atoms. The van der Waals surface area contributed by atoms with E-state index < -0.39 is 30.3 Å². The smallest absolute Gasteiger partial charge is 0.220 e. The number of aliphatic hydroxyl groups is 2. The molecule has 0 aliphatic carbocycles. The van der Waals surface area contributed by atoms with Gasteiger partial charge in [0.2, 0.25) is 5.91 Å². The summed E-state index contributed by atoms with van der Waals surface area (Å²) in [5, 5.41) is 29.2. The van der Waals surface area contributed by atoms with E-state index in [2.05, 4.69) is 0 Å². The van der Waals surface area contributed by atoms with Crippen LogP contribution in [0.5, 0.6) is 11.5 Å². The Balaban J connectivity index is 3.16. The third-order valence-corrected chi connectivity index (χ3v) is 2.64. The number of primary amides is 1. The van der Waals surface area contributed by atoms with Crippen LogP contribution in [0.15, 0.2) is 12.1 Å². The fraction of sp³-hybridized carbons (Fsp3) is 0.333. The second kappa shape index (κ2) is 6.17. The molecular formula is C12H15NO6. The second-order valence-electron chi connectivity index (χ2n) is 3.92. The Kier molecular flexibility index (Phi) is 4.85. The molecule has 0 saturated carbocycles. The summed E-state index contributed by atoms with van der Waals surface area (Å²) in [4.78, 5) is 21.6. The summed E-state index contributed by atoms with van der Waals surface area (Å²) in [5.41, 5.74) is 4.68. The molecule has 1 aromatic carbocycles. The van der Waals surface area contributed by atoms with Crippen molar-refractivity contribution in [1.82, 2.24) is 0 Å². The van der Waals surface area contributed by atoms with E-state index in [1.54, 1.807) is 0 Å². The van der Waals surface area contributed by atoms with Crippen molar-refractivity contribution in [2.24, 2.45) is 5.73 Å². The molecule has 1 rings (SSSR count). The maximum absolute atomic E-state index is 11.0. The average molecular weight is 269 g/mol. The minimum absolute atomic E-state index is 0.0120. The highest BCUT2D eigenvalue weighted by molar-refractivity contribution is 5.83. The third kappa shape index (κ3) is 3.21. The first-order valence-electron chi connectivity index (χ1n) is 5.41. The predicted molar refractivity (Wildman–Crippen MR) is 64.8 cm³/mol. The number of hydrogen-bond donors (Lipinski definition) is 4. The van der Waals surface area contributed by atoms with Crippen LogP contribution in [-0.4, -0.2) is 40.7 Å². The third-order valence-electron chi connectivity index (χ3n) is 2.64. The van der Waals surface area contributed by atoms with Crippen molar-refractivity contribution >= 4 is 12.2 Å². The Labute approximate surface area is 109 Å². The number of phenols is 1. The van der Waals surface area contributed by atoms with Crippen LogP contribution in [0.1, 0.15) is 28.4 Å². The minimum Gasteiger partial charge on any atom is -0.504 e. The van der Waals surface area contributed by atoms with Gasteiger partial charge in [-0.2, -0.15) is 0 Å². The number of nitrogens with two attached hydrogens (primary N) is 1. The molecule has 0 aliphatic rings. The van der Waals surface area contributed by atoms with Crippen LogP contribution < -0.4 is 10.5 Å². The monoisotopic (exact) mass is 269 g/mol. The van der Waals surface area contributed by atoms with E-state index in [1.807, 2.05) is 0 Å². The molecule has 0 aromatic heterocycles. The zero-order valence-corrected chi connectivity index (χ0v) is 10.2. The summed E-state index contributed by atoms with van der Waals surface area (Å²) >= 11 is 0. The van der Waals surface area contributed by atoms with Gasteiger partial charge in [0.05, 0.1) is 25.2 Å². The molecule has 5 N–H and O–H groups in total. The van der Waals surface area contributed by atoms with E-state index in [0.717, 1.165) is 0 Å². The molecule has 19 heavy (non-hydrogen) atoms. The largest absolute Gasteiger partial charge is 0.504 e. The number of amides is 1. The number of aromatic hydroxyl groups is 1. The molecule has 0 saturated heterocycles. The molecule has 1 amide bonds. The van der Waals surface area contributed by atoms with Gasteiger partial charge in [0.25, 0.3) is 0 Å².